The van der Waals surface area contributed by atoms with Gasteiger partial charge in [-0.3, -0.25) is 5.43 Å². The van der Waals surface area contributed by atoms with Gasteiger partial charge in [0, 0.05) is 10.6 Å². The zero-order valence-corrected chi connectivity index (χ0v) is 15.9. The van der Waals surface area contributed by atoms with Gasteiger partial charge in [0.25, 0.3) is 0 Å². The molecule has 0 saturated heterocycles. The van der Waals surface area contributed by atoms with E-state index >= 15 is 0 Å². The van der Waals surface area contributed by atoms with Gasteiger partial charge in [-0.2, -0.15) is 5.10 Å². The Hall–Kier alpha value is -3.30. The summed E-state index contributed by atoms with van der Waals surface area (Å²) in [5, 5.41) is 7.37. The molecular weight excluding hydrogens is 368 g/mol. The lowest BCUT2D eigenvalue weighted by atomic mass is 10.0. The third-order valence-electron chi connectivity index (χ3n) is 4.40. The van der Waals surface area contributed by atoms with Crippen LogP contribution in [0.4, 0.5) is 5.69 Å². The lowest BCUT2D eigenvalue weighted by molar-refractivity contribution is 0.306. The van der Waals surface area contributed by atoms with Crippen LogP contribution in [-0.2, 0) is 6.61 Å². The number of rotatable bonds is 6. The van der Waals surface area contributed by atoms with E-state index in [4.69, 9.17) is 16.3 Å². The quantitative estimate of drug-likeness (QED) is 0.302. The molecule has 0 aromatic heterocycles. The van der Waals surface area contributed by atoms with Gasteiger partial charge in [-0.1, -0.05) is 72.3 Å². The Morgan fingerprint density at radius 1 is 0.821 bits per heavy atom. The van der Waals surface area contributed by atoms with E-state index in [-0.39, 0.29) is 0 Å². The van der Waals surface area contributed by atoms with Crippen LogP contribution in [0.25, 0.3) is 10.8 Å². The molecule has 3 nitrogen and oxygen atoms in total. The maximum Gasteiger partial charge on any atom is 0.129 e. The molecule has 0 atom stereocenters. The van der Waals surface area contributed by atoms with E-state index in [9.17, 15) is 0 Å². The summed E-state index contributed by atoms with van der Waals surface area (Å²) in [5.41, 5.74) is 6.00. The summed E-state index contributed by atoms with van der Waals surface area (Å²) in [6.45, 7) is 0.461. The van der Waals surface area contributed by atoms with Gasteiger partial charge in [0.15, 0.2) is 0 Å². The van der Waals surface area contributed by atoms with E-state index in [0.717, 1.165) is 33.3 Å². The molecule has 0 spiro atoms. The summed E-state index contributed by atoms with van der Waals surface area (Å²) in [4.78, 5) is 0. The number of nitrogens with one attached hydrogen (secondary N) is 1. The summed E-state index contributed by atoms with van der Waals surface area (Å²) < 4.78 is 6.11. The van der Waals surface area contributed by atoms with E-state index < -0.39 is 0 Å². The summed E-state index contributed by atoms with van der Waals surface area (Å²) in [6.07, 6.45) is 1.81. The molecule has 138 valence electrons. The fraction of sp³-hybridized carbons (Fsp3) is 0.0417. The van der Waals surface area contributed by atoms with Crippen LogP contribution in [0.2, 0.25) is 5.02 Å². The molecule has 1 N–H and O–H groups in total. The average Bonchev–Trinajstić information content (AvgIpc) is 2.75. The third-order valence-corrected chi connectivity index (χ3v) is 4.65. The van der Waals surface area contributed by atoms with Crippen molar-refractivity contribution in [2.24, 2.45) is 5.10 Å². The number of hydrogen-bond acceptors (Lipinski definition) is 3. The number of nitrogens with zero attached hydrogens (tertiary/aromatic N) is 1. The highest BCUT2D eigenvalue weighted by atomic mass is 35.5. The van der Waals surface area contributed by atoms with Crippen molar-refractivity contribution >= 4 is 34.3 Å². The van der Waals surface area contributed by atoms with Gasteiger partial charge in [0.2, 0.25) is 0 Å². The molecule has 0 unspecified atom stereocenters. The Kier molecular flexibility index (Phi) is 5.55. The molecule has 0 fully saturated rings. The first-order chi connectivity index (χ1) is 13.8. The van der Waals surface area contributed by atoms with Gasteiger partial charge >= 0.3 is 0 Å². The molecule has 0 bridgehead atoms. The number of benzene rings is 4. The molecule has 4 rings (SSSR count). The SMILES string of the molecule is Clc1ccc(COc2ccc3ccccc3c2/C=N\Nc2ccccc2)cc1. The Balaban J connectivity index is 1.61. The van der Waals surface area contributed by atoms with Crippen molar-refractivity contribution in [3.63, 3.8) is 0 Å². The number of hydrogen-bond donors (Lipinski definition) is 1. The van der Waals surface area contributed by atoms with E-state index in [1.807, 2.05) is 79.0 Å². The summed E-state index contributed by atoms with van der Waals surface area (Å²) in [5.74, 6) is 0.785. The molecule has 0 radical (unpaired) electrons. The van der Waals surface area contributed by atoms with E-state index in [0.29, 0.717) is 11.6 Å². The molecule has 4 aromatic carbocycles. The second-order valence-corrected chi connectivity index (χ2v) is 6.79. The Morgan fingerprint density at radius 3 is 2.39 bits per heavy atom. The lowest BCUT2D eigenvalue weighted by Gasteiger charge is -2.12. The number of fused-ring (bicyclic) bond motifs is 1. The largest absolute Gasteiger partial charge is 0.488 e. The average molecular weight is 387 g/mol. The molecule has 4 aromatic rings. The minimum atomic E-state index is 0.461. The van der Waals surface area contributed by atoms with E-state index in [1.54, 1.807) is 0 Å². The first-order valence-electron chi connectivity index (χ1n) is 9.03. The molecule has 28 heavy (non-hydrogen) atoms. The van der Waals surface area contributed by atoms with Crippen LogP contribution < -0.4 is 10.2 Å². The zero-order valence-electron chi connectivity index (χ0n) is 15.2. The van der Waals surface area contributed by atoms with Crippen LogP contribution in [0.5, 0.6) is 5.75 Å². The molecule has 0 aliphatic heterocycles. The van der Waals surface area contributed by atoms with E-state index in [2.05, 4.69) is 28.7 Å². The van der Waals surface area contributed by atoms with Crippen molar-refractivity contribution in [1.82, 2.24) is 0 Å². The second-order valence-electron chi connectivity index (χ2n) is 6.35. The van der Waals surface area contributed by atoms with Crippen molar-refractivity contribution in [2.75, 3.05) is 5.43 Å². The Bertz CT molecular complexity index is 1090. The maximum absolute atomic E-state index is 6.11. The van der Waals surface area contributed by atoms with Crippen molar-refractivity contribution in [1.29, 1.82) is 0 Å². The minimum Gasteiger partial charge on any atom is -0.488 e. The number of ether oxygens (including phenoxy) is 1. The first-order valence-corrected chi connectivity index (χ1v) is 9.40. The van der Waals surface area contributed by atoms with Gasteiger partial charge < -0.3 is 4.74 Å². The molecule has 0 aliphatic rings. The minimum absolute atomic E-state index is 0.461. The van der Waals surface area contributed by atoms with Crippen molar-refractivity contribution < 1.29 is 4.74 Å². The van der Waals surface area contributed by atoms with Crippen LogP contribution in [0, 0.1) is 0 Å². The molecule has 0 amide bonds. The van der Waals surface area contributed by atoms with Crippen molar-refractivity contribution in [3.8, 4) is 5.75 Å². The predicted molar refractivity (Wildman–Crippen MR) is 117 cm³/mol. The number of anilines is 1. The Labute approximate surface area is 169 Å². The number of hydrazone groups is 1. The van der Waals surface area contributed by atoms with Gasteiger partial charge in [0.1, 0.15) is 12.4 Å². The number of halogens is 1. The van der Waals surface area contributed by atoms with Crippen molar-refractivity contribution in [3.05, 3.63) is 107 Å². The highest BCUT2D eigenvalue weighted by molar-refractivity contribution is 6.30. The molecular formula is C24H19ClN2O. The maximum atomic E-state index is 6.11. The van der Waals surface area contributed by atoms with Gasteiger partial charge in [-0.15, -0.1) is 0 Å². The molecule has 4 heteroatoms. The first kappa shape index (κ1) is 18.1. The summed E-state index contributed by atoms with van der Waals surface area (Å²) >= 11 is 5.96. The van der Waals surface area contributed by atoms with Crippen LogP contribution >= 0.6 is 11.6 Å². The molecule has 0 heterocycles. The monoisotopic (exact) mass is 386 g/mol. The fourth-order valence-corrected chi connectivity index (χ4v) is 3.09. The second kappa shape index (κ2) is 8.59. The number of para-hydroxylation sites is 1. The highest BCUT2D eigenvalue weighted by Crippen LogP contribution is 2.27. The van der Waals surface area contributed by atoms with Gasteiger partial charge in [0.05, 0.1) is 11.9 Å². The fourth-order valence-electron chi connectivity index (χ4n) is 2.96. The molecule has 0 saturated carbocycles. The smallest absolute Gasteiger partial charge is 0.129 e. The highest BCUT2D eigenvalue weighted by Gasteiger charge is 2.08. The molecule has 0 aliphatic carbocycles. The lowest BCUT2D eigenvalue weighted by Crippen LogP contribution is -2.00. The normalized spacial score (nSPS) is 11.0. The summed E-state index contributed by atoms with van der Waals surface area (Å²) in [6, 6.07) is 29.8. The third kappa shape index (κ3) is 4.33. The predicted octanol–water partition coefficient (Wildman–Crippen LogP) is 6.52. The van der Waals surface area contributed by atoms with Gasteiger partial charge in [-0.25, -0.2) is 0 Å². The zero-order chi connectivity index (χ0) is 19.2. The topological polar surface area (TPSA) is 33.6 Å². The Morgan fingerprint density at radius 2 is 1.57 bits per heavy atom. The van der Waals surface area contributed by atoms with Crippen LogP contribution in [0.15, 0.2) is 96.1 Å². The van der Waals surface area contributed by atoms with Crippen LogP contribution in [-0.4, -0.2) is 6.21 Å². The van der Waals surface area contributed by atoms with Crippen LogP contribution in [0.1, 0.15) is 11.1 Å². The van der Waals surface area contributed by atoms with Crippen molar-refractivity contribution in [2.45, 2.75) is 6.61 Å². The summed E-state index contributed by atoms with van der Waals surface area (Å²) in [7, 11) is 0. The van der Waals surface area contributed by atoms with Crippen LogP contribution in [0.3, 0.4) is 0 Å². The van der Waals surface area contributed by atoms with Gasteiger partial charge in [-0.05, 0) is 46.7 Å². The van der Waals surface area contributed by atoms with E-state index in [1.165, 1.54) is 0 Å². The standard InChI is InChI=1S/C24H19ClN2O/c25-20-13-10-18(11-14-20)17-28-24-15-12-19-6-4-5-9-22(19)23(24)16-26-27-21-7-2-1-3-8-21/h1-16,27H,17H2/b26-16-.